The lowest BCUT2D eigenvalue weighted by Gasteiger charge is -2.04. The molecule has 2 rings (SSSR count). The van der Waals surface area contributed by atoms with Gasteiger partial charge in [-0.2, -0.15) is 0 Å². The molecule has 2 aromatic carbocycles. The highest BCUT2D eigenvalue weighted by Gasteiger charge is 1.99. The summed E-state index contributed by atoms with van der Waals surface area (Å²) < 4.78 is 5.17. The zero-order chi connectivity index (χ0) is 14.9. The second-order valence-electron chi connectivity index (χ2n) is 4.51. The Balaban J connectivity index is 0.00000242. The van der Waals surface area contributed by atoms with Gasteiger partial charge in [0.15, 0.2) is 0 Å². The predicted octanol–water partition coefficient (Wildman–Crippen LogP) is 5.20. The van der Waals surface area contributed by atoms with Gasteiger partial charge in [-0.1, -0.05) is 66.8 Å². The molecule has 0 spiro atoms. The Morgan fingerprint density at radius 2 is 1.45 bits per heavy atom. The molecular weight excluding hydrogens is 294 g/mol. The molecule has 1 N–H and O–H groups in total. The lowest BCUT2D eigenvalue weighted by molar-refractivity contribution is 0.325. The lowest BCUT2D eigenvalue weighted by Crippen LogP contribution is -2.04. The molecule has 0 aliphatic rings. The minimum absolute atomic E-state index is 0. The van der Waals surface area contributed by atoms with Crippen LogP contribution in [0.25, 0.3) is 12.2 Å². The van der Waals surface area contributed by atoms with E-state index in [0.717, 1.165) is 11.1 Å². The van der Waals surface area contributed by atoms with Gasteiger partial charge >= 0.3 is 0 Å². The van der Waals surface area contributed by atoms with Gasteiger partial charge in [0.1, 0.15) is 0 Å². The van der Waals surface area contributed by atoms with E-state index in [1.165, 1.54) is 5.56 Å². The van der Waals surface area contributed by atoms with Crippen molar-refractivity contribution in [3.63, 3.8) is 0 Å². The Bertz CT molecular complexity index is 630. The second-order valence-corrected chi connectivity index (χ2v) is 4.51. The van der Waals surface area contributed by atoms with Gasteiger partial charge in [-0.3, -0.25) is 5.41 Å². The third-order valence-corrected chi connectivity index (χ3v) is 2.95. The largest absolute Gasteiger partial charge is 0.478 e. The molecule has 0 saturated heterocycles. The predicted molar refractivity (Wildman–Crippen MR) is 96.7 cm³/mol. The van der Waals surface area contributed by atoms with Crippen LogP contribution in [-0.4, -0.2) is 12.5 Å². The maximum Gasteiger partial charge on any atom is 0.213 e. The van der Waals surface area contributed by atoms with Crippen molar-refractivity contribution in [2.45, 2.75) is 6.92 Å². The summed E-state index contributed by atoms with van der Waals surface area (Å²) in [7, 11) is 0. The van der Waals surface area contributed by atoms with Crippen molar-refractivity contribution in [2.24, 2.45) is 0 Å². The molecule has 22 heavy (non-hydrogen) atoms. The monoisotopic (exact) mass is 313 g/mol. The molecule has 0 unspecified atom stereocenters. The van der Waals surface area contributed by atoms with E-state index in [-0.39, 0.29) is 18.3 Å². The average Bonchev–Trinajstić information content (AvgIpc) is 2.53. The minimum atomic E-state index is 0. The molecule has 0 amide bonds. The molecule has 3 heteroatoms. The van der Waals surface area contributed by atoms with Crippen LogP contribution >= 0.6 is 12.4 Å². The molecule has 0 aliphatic heterocycles. The van der Waals surface area contributed by atoms with E-state index in [2.05, 4.69) is 18.2 Å². The van der Waals surface area contributed by atoms with Crippen LogP contribution in [-0.2, 0) is 4.74 Å². The molecule has 0 aliphatic carbocycles. The van der Waals surface area contributed by atoms with E-state index >= 15 is 0 Å². The van der Waals surface area contributed by atoms with Gasteiger partial charge in [0.05, 0.1) is 6.61 Å². The average molecular weight is 314 g/mol. The van der Waals surface area contributed by atoms with Crippen molar-refractivity contribution in [1.82, 2.24) is 0 Å². The third kappa shape index (κ3) is 5.58. The normalized spacial score (nSPS) is 10.6. The van der Waals surface area contributed by atoms with Gasteiger partial charge in [0.2, 0.25) is 5.90 Å². The molecule has 2 nitrogen and oxygen atoms in total. The van der Waals surface area contributed by atoms with Gasteiger partial charge in [-0.05, 0) is 30.2 Å². The molecule has 0 fully saturated rings. The maximum absolute atomic E-state index is 7.71. The molecule has 0 saturated carbocycles. The number of allylic oxidation sites excluding steroid dienone is 2. The van der Waals surface area contributed by atoms with Crippen LogP contribution in [0.3, 0.4) is 0 Å². The number of nitrogens with one attached hydrogen (secondary N) is 1. The van der Waals surface area contributed by atoms with Crippen LogP contribution < -0.4 is 0 Å². The second kappa shape index (κ2) is 9.59. The zero-order valence-corrected chi connectivity index (χ0v) is 13.3. The summed E-state index contributed by atoms with van der Waals surface area (Å²) in [5.41, 5.74) is 3.08. The summed E-state index contributed by atoms with van der Waals surface area (Å²) in [5.74, 6) is 0.219. The smallest absolute Gasteiger partial charge is 0.213 e. The van der Waals surface area contributed by atoms with Crippen molar-refractivity contribution in [1.29, 1.82) is 5.41 Å². The maximum atomic E-state index is 7.71. The van der Waals surface area contributed by atoms with Crippen molar-refractivity contribution in [3.05, 3.63) is 83.4 Å². The fraction of sp³-hybridized carbons (Fsp3) is 0.105. The van der Waals surface area contributed by atoms with E-state index in [0.29, 0.717) is 6.61 Å². The summed E-state index contributed by atoms with van der Waals surface area (Å²) in [5, 5.41) is 7.71. The summed E-state index contributed by atoms with van der Waals surface area (Å²) in [6.07, 6.45) is 8.13. The fourth-order valence-corrected chi connectivity index (χ4v) is 1.87. The van der Waals surface area contributed by atoms with Crippen molar-refractivity contribution >= 4 is 30.5 Å². The highest BCUT2D eigenvalue weighted by atomic mass is 35.5. The first-order valence-electron chi connectivity index (χ1n) is 7.01. The molecule has 0 bridgehead atoms. The first-order chi connectivity index (χ1) is 10.3. The molecule has 114 valence electrons. The van der Waals surface area contributed by atoms with E-state index < -0.39 is 0 Å². The van der Waals surface area contributed by atoms with E-state index in [1.54, 1.807) is 0 Å². The Kier molecular flexibility index (Phi) is 7.73. The van der Waals surface area contributed by atoms with E-state index in [9.17, 15) is 0 Å². The van der Waals surface area contributed by atoms with Gasteiger partial charge in [-0.15, -0.1) is 12.4 Å². The highest BCUT2D eigenvalue weighted by Crippen LogP contribution is 2.08. The number of hydrogen-bond donors (Lipinski definition) is 1. The van der Waals surface area contributed by atoms with Gasteiger partial charge in [0, 0.05) is 5.56 Å². The van der Waals surface area contributed by atoms with Gasteiger partial charge in [0.25, 0.3) is 0 Å². The Labute approximate surface area is 138 Å². The number of benzene rings is 2. The Morgan fingerprint density at radius 1 is 0.909 bits per heavy atom. The lowest BCUT2D eigenvalue weighted by atomic mass is 10.1. The summed E-state index contributed by atoms with van der Waals surface area (Å²) in [6, 6.07) is 18.0. The Hall–Kier alpha value is -2.32. The third-order valence-electron chi connectivity index (χ3n) is 2.95. The first kappa shape index (κ1) is 17.7. The fourth-order valence-electron chi connectivity index (χ4n) is 1.87. The van der Waals surface area contributed by atoms with Crippen LogP contribution in [0.5, 0.6) is 0 Å². The highest BCUT2D eigenvalue weighted by molar-refractivity contribution is 5.91. The first-order valence-corrected chi connectivity index (χ1v) is 7.01. The van der Waals surface area contributed by atoms with Gasteiger partial charge in [-0.25, -0.2) is 0 Å². The summed E-state index contributed by atoms with van der Waals surface area (Å²) in [6.45, 7) is 2.40. The van der Waals surface area contributed by atoms with Crippen LogP contribution in [0.15, 0.2) is 66.7 Å². The van der Waals surface area contributed by atoms with Crippen LogP contribution in [0.2, 0.25) is 0 Å². The number of halogens is 1. The van der Waals surface area contributed by atoms with E-state index in [1.807, 2.05) is 67.6 Å². The SMILES string of the molecule is CCOC(=N)c1ccc(C=CC=Cc2ccccc2)cc1.Cl. The topological polar surface area (TPSA) is 33.1 Å². The molecule has 0 heterocycles. The van der Waals surface area contributed by atoms with Gasteiger partial charge < -0.3 is 4.74 Å². The molecule has 0 atom stereocenters. The molecule has 2 aromatic rings. The molecular formula is C19H20ClNO. The molecule has 0 aromatic heterocycles. The van der Waals surface area contributed by atoms with Crippen LogP contribution in [0, 0.1) is 5.41 Å². The standard InChI is InChI=1S/C19H19NO.ClH/c1-2-21-19(20)18-14-12-17(13-15-18)11-7-6-10-16-8-4-3-5-9-16;/h3-15,20H,2H2,1H3;1H. The zero-order valence-electron chi connectivity index (χ0n) is 12.5. The quantitative estimate of drug-likeness (QED) is 0.459. The van der Waals surface area contributed by atoms with Crippen molar-refractivity contribution in [2.75, 3.05) is 6.61 Å². The molecule has 0 radical (unpaired) electrons. The minimum Gasteiger partial charge on any atom is -0.478 e. The summed E-state index contributed by atoms with van der Waals surface area (Å²) >= 11 is 0. The van der Waals surface area contributed by atoms with Crippen molar-refractivity contribution < 1.29 is 4.74 Å². The van der Waals surface area contributed by atoms with Crippen molar-refractivity contribution in [3.8, 4) is 0 Å². The number of rotatable bonds is 5. The van der Waals surface area contributed by atoms with E-state index in [4.69, 9.17) is 10.1 Å². The Morgan fingerprint density at radius 3 is 2.00 bits per heavy atom. The van der Waals surface area contributed by atoms with Crippen LogP contribution in [0.1, 0.15) is 23.6 Å². The number of hydrogen-bond acceptors (Lipinski definition) is 2. The van der Waals surface area contributed by atoms with Crippen LogP contribution in [0.4, 0.5) is 0 Å². The number of ether oxygens (including phenoxy) is 1. The summed E-state index contributed by atoms with van der Waals surface area (Å²) in [4.78, 5) is 0.